The SMILES string of the molecule is S=C=NCCCCCCCCCBr. The maximum Gasteiger partial charge on any atom is 0.0584 e. The van der Waals surface area contributed by atoms with Crippen molar-refractivity contribution in [3.05, 3.63) is 0 Å². The summed E-state index contributed by atoms with van der Waals surface area (Å²) in [7, 11) is 0. The highest BCUT2D eigenvalue weighted by Gasteiger charge is 1.90. The van der Waals surface area contributed by atoms with Gasteiger partial charge in [0.2, 0.25) is 0 Å². The van der Waals surface area contributed by atoms with Crippen molar-refractivity contribution in [1.29, 1.82) is 0 Å². The first-order valence-corrected chi connectivity index (χ1v) is 6.54. The predicted molar refractivity (Wildman–Crippen MR) is 66.0 cm³/mol. The highest BCUT2D eigenvalue weighted by Crippen LogP contribution is 2.07. The summed E-state index contributed by atoms with van der Waals surface area (Å²) < 4.78 is 0. The number of hydrogen-bond acceptors (Lipinski definition) is 2. The van der Waals surface area contributed by atoms with E-state index in [0.717, 1.165) is 11.9 Å². The zero-order valence-corrected chi connectivity index (χ0v) is 10.5. The van der Waals surface area contributed by atoms with Crippen LogP contribution in [0, 0.1) is 0 Å². The third-order valence-corrected chi connectivity index (χ3v) is 2.66. The van der Waals surface area contributed by atoms with Crippen molar-refractivity contribution in [3.8, 4) is 0 Å². The normalized spacial score (nSPS) is 9.62. The molecule has 13 heavy (non-hydrogen) atoms. The van der Waals surface area contributed by atoms with Crippen LogP contribution in [0.2, 0.25) is 0 Å². The fourth-order valence-electron chi connectivity index (χ4n) is 1.21. The van der Waals surface area contributed by atoms with Crippen LogP contribution in [0.1, 0.15) is 44.9 Å². The summed E-state index contributed by atoms with van der Waals surface area (Å²) in [5.74, 6) is 0. The third kappa shape index (κ3) is 12.3. The van der Waals surface area contributed by atoms with Gasteiger partial charge in [0, 0.05) is 11.9 Å². The van der Waals surface area contributed by atoms with Crippen LogP contribution in [0.25, 0.3) is 0 Å². The zero-order chi connectivity index (χ0) is 9.78. The highest BCUT2D eigenvalue weighted by atomic mass is 79.9. The molecule has 0 unspecified atom stereocenters. The average molecular weight is 264 g/mol. The fourth-order valence-corrected chi connectivity index (χ4v) is 1.70. The monoisotopic (exact) mass is 263 g/mol. The molecule has 0 aliphatic rings. The molecule has 0 amide bonds. The topological polar surface area (TPSA) is 12.4 Å². The van der Waals surface area contributed by atoms with E-state index in [1.165, 1.54) is 44.9 Å². The lowest BCUT2D eigenvalue weighted by molar-refractivity contribution is 0.595. The number of isothiocyanates is 1. The van der Waals surface area contributed by atoms with E-state index in [1.54, 1.807) is 0 Å². The maximum atomic E-state index is 4.48. The maximum absolute atomic E-state index is 4.48. The van der Waals surface area contributed by atoms with Crippen molar-refractivity contribution < 1.29 is 0 Å². The highest BCUT2D eigenvalue weighted by molar-refractivity contribution is 9.09. The molecule has 0 heterocycles. The predicted octanol–water partition coefficient (Wildman–Crippen LogP) is 4.21. The average Bonchev–Trinajstić information content (AvgIpc) is 2.16. The van der Waals surface area contributed by atoms with E-state index in [-0.39, 0.29) is 0 Å². The Morgan fingerprint density at radius 1 is 0.923 bits per heavy atom. The van der Waals surface area contributed by atoms with E-state index in [9.17, 15) is 0 Å². The molecule has 0 aromatic carbocycles. The number of nitrogens with zero attached hydrogens (tertiary/aromatic N) is 1. The Hall–Kier alpha value is 0.280. The molecule has 0 bridgehead atoms. The van der Waals surface area contributed by atoms with Crippen molar-refractivity contribution in [2.45, 2.75) is 44.9 Å². The first kappa shape index (κ1) is 13.3. The second-order valence-electron chi connectivity index (χ2n) is 3.14. The van der Waals surface area contributed by atoms with Gasteiger partial charge in [0.15, 0.2) is 0 Å². The largest absolute Gasteiger partial charge is 0.233 e. The summed E-state index contributed by atoms with van der Waals surface area (Å²) in [6, 6.07) is 0. The number of halogens is 1. The number of unbranched alkanes of at least 4 members (excludes halogenated alkanes) is 6. The van der Waals surface area contributed by atoms with E-state index in [4.69, 9.17) is 0 Å². The molecule has 0 aliphatic heterocycles. The van der Waals surface area contributed by atoms with Crippen molar-refractivity contribution in [1.82, 2.24) is 0 Å². The number of hydrogen-bond donors (Lipinski definition) is 0. The third-order valence-electron chi connectivity index (χ3n) is 1.97. The summed E-state index contributed by atoms with van der Waals surface area (Å²) in [5.41, 5.74) is 0. The molecule has 0 saturated carbocycles. The van der Waals surface area contributed by atoms with Crippen LogP contribution in [0.15, 0.2) is 4.99 Å². The number of thiocarbonyl (C=S) groups is 1. The fraction of sp³-hybridized carbons (Fsp3) is 0.900. The quantitative estimate of drug-likeness (QED) is 0.263. The standard InChI is InChI=1S/C10H18BrNS/c11-8-6-4-2-1-3-5-7-9-12-10-13/h1-9H2. The molecule has 0 rings (SSSR count). The summed E-state index contributed by atoms with van der Waals surface area (Å²) in [6.45, 7) is 0.866. The molecular formula is C10H18BrNS. The molecule has 0 aliphatic carbocycles. The van der Waals surface area contributed by atoms with Crippen molar-refractivity contribution in [3.63, 3.8) is 0 Å². The van der Waals surface area contributed by atoms with Crippen LogP contribution in [-0.4, -0.2) is 17.0 Å². The lowest BCUT2D eigenvalue weighted by Crippen LogP contribution is -1.83. The zero-order valence-electron chi connectivity index (χ0n) is 8.10. The van der Waals surface area contributed by atoms with E-state index in [2.05, 4.69) is 38.3 Å². The summed E-state index contributed by atoms with van der Waals surface area (Å²) in [6.07, 6.45) is 9.22. The van der Waals surface area contributed by atoms with Gasteiger partial charge in [-0.05, 0) is 25.1 Å². The van der Waals surface area contributed by atoms with E-state index >= 15 is 0 Å². The molecular weight excluding hydrogens is 246 g/mol. The number of aliphatic imine (C=N–C) groups is 1. The Morgan fingerprint density at radius 2 is 1.46 bits per heavy atom. The molecule has 0 N–H and O–H groups in total. The smallest absolute Gasteiger partial charge is 0.0584 e. The Kier molecular flexibility index (Phi) is 12.5. The van der Waals surface area contributed by atoms with Gasteiger partial charge in [-0.15, -0.1) is 0 Å². The van der Waals surface area contributed by atoms with E-state index < -0.39 is 0 Å². The molecule has 0 radical (unpaired) electrons. The molecule has 0 aromatic rings. The van der Waals surface area contributed by atoms with Gasteiger partial charge in [-0.1, -0.05) is 48.0 Å². The second-order valence-corrected chi connectivity index (χ2v) is 4.11. The molecule has 0 atom stereocenters. The Bertz CT molecular complexity index is 144. The van der Waals surface area contributed by atoms with Gasteiger partial charge >= 0.3 is 0 Å². The Balaban J connectivity index is 2.87. The minimum atomic E-state index is 0.866. The van der Waals surface area contributed by atoms with E-state index in [0.29, 0.717) is 0 Å². The van der Waals surface area contributed by atoms with Gasteiger partial charge in [-0.3, -0.25) is 0 Å². The molecule has 0 aromatic heterocycles. The van der Waals surface area contributed by atoms with Gasteiger partial charge in [0.25, 0.3) is 0 Å². The molecule has 0 spiro atoms. The van der Waals surface area contributed by atoms with Crippen LogP contribution < -0.4 is 0 Å². The van der Waals surface area contributed by atoms with Gasteiger partial charge in [-0.2, -0.15) is 0 Å². The number of alkyl halides is 1. The van der Waals surface area contributed by atoms with Crippen molar-refractivity contribution in [2.75, 3.05) is 11.9 Å². The first-order valence-electron chi connectivity index (χ1n) is 5.01. The molecule has 3 heteroatoms. The first-order chi connectivity index (χ1) is 6.41. The Morgan fingerprint density at radius 3 is 2.00 bits per heavy atom. The minimum Gasteiger partial charge on any atom is -0.233 e. The van der Waals surface area contributed by atoms with Crippen LogP contribution in [0.5, 0.6) is 0 Å². The van der Waals surface area contributed by atoms with Crippen LogP contribution in [0.3, 0.4) is 0 Å². The van der Waals surface area contributed by atoms with E-state index in [1.807, 2.05) is 0 Å². The molecule has 0 saturated heterocycles. The van der Waals surface area contributed by atoms with Gasteiger partial charge in [-0.25, -0.2) is 4.99 Å². The molecule has 1 nitrogen and oxygen atoms in total. The van der Waals surface area contributed by atoms with Crippen molar-refractivity contribution >= 4 is 33.3 Å². The summed E-state index contributed by atoms with van der Waals surface area (Å²) in [5, 5.41) is 3.54. The lowest BCUT2D eigenvalue weighted by atomic mass is 10.1. The van der Waals surface area contributed by atoms with Gasteiger partial charge in [0.1, 0.15) is 0 Å². The van der Waals surface area contributed by atoms with Crippen LogP contribution in [-0.2, 0) is 0 Å². The van der Waals surface area contributed by atoms with Crippen molar-refractivity contribution in [2.24, 2.45) is 4.99 Å². The Labute approximate surface area is 95.1 Å². The van der Waals surface area contributed by atoms with Crippen LogP contribution >= 0.6 is 28.1 Å². The number of rotatable bonds is 9. The van der Waals surface area contributed by atoms with Crippen LogP contribution in [0.4, 0.5) is 0 Å². The summed E-state index contributed by atoms with van der Waals surface area (Å²) in [4.78, 5) is 3.88. The second kappa shape index (κ2) is 12.3. The lowest BCUT2D eigenvalue weighted by Gasteiger charge is -1.98. The van der Waals surface area contributed by atoms with Gasteiger partial charge in [0.05, 0.1) is 5.16 Å². The summed E-state index contributed by atoms with van der Waals surface area (Å²) >= 11 is 7.91. The molecule has 0 fully saturated rings. The molecule has 76 valence electrons. The van der Waals surface area contributed by atoms with Gasteiger partial charge < -0.3 is 0 Å². The minimum absolute atomic E-state index is 0.866.